The number of nitrogens with one attached hydrogen (secondary N) is 1. The molecule has 1 saturated carbocycles. The molecule has 0 atom stereocenters. The summed E-state index contributed by atoms with van der Waals surface area (Å²) in [4.78, 5) is 11.4. The Labute approximate surface area is 110 Å². The minimum absolute atomic E-state index is 0.306. The fourth-order valence-corrected chi connectivity index (χ4v) is 2.33. The second kappa shape index (κ2) is 6.98. The smallest absolute Gasteiger partial charge is 0.407 e. The molecule has 1 amide bonds. The standard InChI is InChI=1S/C14H27NO3/c1-4-12-5-7-14(17,8-6-12)10-15-13(16)18-9-11(2)3/h11-12,17H,4-10H2,1-3H3,(H,15,16). The molecule has 0 spiro atoms. The Bertz CT molecular complexity index is 258. The van der Waals surface area contributed by atoms with Crippen LogP contribution in [0.3, 0.4) is 0 Å². The van der Waals surface area contributed by atoms with Crippen LogP contribution >= 0.6 is 0 Å². The van der Waals surface area contributed by atoms with E-state index >= 15 is 0 Å². The molecular formula is C14H27NO3. The van der Waals surface area contributed by atoms with Crippen LogP contribution in [0.25, 0.3) is 0 Å². The van der Waals surface area contributed by atoms with E-state index < -0.39 is 11.7 Å². The van der Waals surface area contributed by atoms with Crippen molar-refractivity contribution in [3.63, 3.8) is 0 Å². The summed E-state index contributed by atoms with van der Waals surface area (Å²) >= 11 is 0. The topological polar surface area (TPSA) is 58.6 Å². The second-order valence-corrected chi connectivity index (χ2v) is 5.92. The molecule has 0 heterocycles. The Morgan fingerprint density at radius 1 is 1.44 bits per heavy atom. The van der Waals surface area contributed by atoms with Crippen molar-refractivity contribution in [1.29, 1.82) is 0 Å². The highest BCUT2D eigenvalue weighted by Gasteiger charge is 2.32. The maximum absolute atomic E-state index is 11.4. The molecule has 0 unspecified atom stereocenters. The van der Waals surface area contributed by atoms with Gasteiger partial charge >= 0.3 is 6.09 Å². The normalized spacial score (nSPS) is 28.2. The van der Waals surface area contributed by atoms with Crippen LogP contribution < -0.4 is 5.32 Å². The average Bonchev–Trinajstić information content (AvgIpc) is 2.35. The minimum atomic E-state index is -0.734. The number of carbonyl (C=O) groups is 1. The van der Waals surface area contributed by atoms with E-state index in [0.29, 0.717) is 19.1 Å². The molecule has 4 heteroatoms. The van der Waals surface area contributed by atoms with Crippen LogP contribution in [-0.4, -0.2) is 30.0 Å². The van der Waals surface area contributed by atoms with Crippen LogP contribution in [0.4, 0.5) is 4.79 Å². The maximum atomic E-state index is 11.4. The molecule has 18 heavy (non-hydrogen) atoms. The predicted molar refractivity (Wildman–Crippen MR) is 71.4 cm³/mol. The first-order valence-corrected chi connectivity index (χ1v) is 7.08. The van der Waals surface area contributed by atoms with E-state index in [1.54, 1.807) is 0 Å². The number of hydrogen-bond acceptors (Lipinski definition) is 3. The first-order valence-electron chi connectivity index (χ1n) is 7.08. The zero-order valence-corrected chi connectivity index (χ0v) is 11.9. The molecule has 0 radical (unpaired) electrons. The van der Waals surface area contributed by atoms with Gasteiger partial charge in [-0.3, -0.25) is 0 Å². The van der Waals surface area contributed by atoms with Gasteiger partial charge < -0.3 is 15.2 Å². The van der Waals surface area contributed by atoms with Gasteiger partial charge in [0.1, 0.15) is 0 Å². The first-order chi connectivity index (χ1) is 8.45. The highest BCUT2D eigenvalue weighted by Crippen LogP contribution is 2.33. The Balaban J connectivity index is 2.24. The quantitative estimate of drug-likeness (QED) is 0.796. The Kier molecular flexibility index (Phi) is 5.93. The van der Waals surface area contributed by atoms with Crippen molar-refractivity contribution >= 4 is 6.09 Å². The third kappa shape index (κ3) is 5.25. The van der Waals surface area contributed by atoms with E-state index in [0.717, 1.165) is 31.6 Å². The number of rotatable bonds is 5. The molecule has 2 N–H and O–H groups in total. The second-order valence-electron chi connectivity index (χ2n) is 5.92. The van der Waals surface area contributed by atoms with Crippen molar-refractivity contribution in [2.24, 2.45) is 11.8 Å². The van der Waals surface area contributed by atoms with E-state index in [1.165, 1.54) is 6.42 Å². The summed E-state index contributed by atoms with van der Waals surface area (Å²) in [5.41, 5.74) is -0.734. The number of alkyl carbamates (subject to hydrolysis) is 1. The zero-order chi connectivity index (χ0) is 13.6. The van der Waals surface area contributed by atoms with Gasteiger partial charge in [-0.2, -0.15) is 0 Å². The number of ether oxygens (including phenoxy) is 1. The lowest BCUT2D eigenvalue weighted by Gasteiger charge is -2.35. The summed E-state index contributed by atoms with van der Waals surface area (Å²) < 4.78 is 5.02. The lowest BCUT2D eigenvalue weighted by molar-refractivity contribution is -0.00896. The monoisotopic (exact) mass is 257 g/mol. The van der Waals surface area contributed by atoms with Gasteiger partial charge in [0.25, 0.3) is 0 Å². The van der Waals surface area contributed by atoms with Crippen molar-refractivity contribution in [2.75, 3.05) is 13.2 Å². The van der Waals surface area contributed by atoms with Crippen molar-refractivity contribution in [3.05, 3.63) is 0 Å². The molecule has 1 fully saturated rings. The maximum Gasteiger partial charge on any atom is 0.407 e. The largest absolute Gasteiger partial charge is 0.449 e. The van der Waals surface area contributed by atoms with Crippen molar-refractivity contribution in [1.82, 2.24) is 5.32 Å². The van der Waals surface area contributed by atoms with Gasteiger partial charge in [-0.15, -0.1) is 0 Å². The molecule has 0 aliphatic heterocycles. The van der Waals surface area contributed by atoms with Crippen LogP contribution in [0.2, 0.25) is 0 Å². The fraction of sp³-hybridized carbons (Fsp3) is 0.929. The van der Waals surface area contributed by atoms with Gasteiger partial charge in [-0.05, 0) is 37.5 Å². The van der Waals surface area contributed by atoms with Crippen LogP contribution in [-0.2, 0) is 4.74 Å². The molecule has 4 nitrogen and oxygen atoms in total. The molecule has 0 aromatic rings. The minimum Gasteiger partial charge on any atom is -0.449 e. The van der Waals surface area contributed by atoms with E-state index in [9.17, 15) is 9.90 Å². The Morgan fingerprint density at radius 2 is 2.06 bits per heavy atom. The fourth-order valence-electron chi connectivity index (χ4n) is 2.33. The lowest BCUT2D eigenvalue weighted by Crippen LogP contribution is -2.45. The summed E-state index contributed by atoms with van der Waals surface area (Å²) in [7, 11) is 0. The lowest BCUT2D eigenvalue weighted by atomic mass is 9.78. The van der Waals surface area contributed by atoms with Crippen LogP contribution in [0.5, 0.6) is 0 Å². The van der Waals surface area contributed by atoms with Gasteiger partial charge in [-0.25, -0.2) is 4.79 Å². The highest BCUT2D eigenvalue weighted by atomic mass is 16.5. The number of carbonyl (C=O) groups excluding carboxylic acids is 1. The van der Waals surface area contributed by atoms with E-state index in [4.69, 9.17) is 4.74 Å². The Hall–Kier alpha value is -0.770. The van der Waals surface area contributed by atoms with Gasteiger partial charge in [0.15, 0.2) is 0 Å². The van der Waals surface area contributed by atoms with Gasteiger partial charge in [0, 0.05) is 6.54 Å². The number of amides is 1. The van der Waals surface area contributed by atoms with Crippen LogP contribution in [0, 0.1) is 11.8 Å². The van der Waals surface area contributed by atoms with Crippen molar-refractivity contribution < 1.29 is 14.6 Å². The number of hydrogen-bond donors (Lipinski definition) is 2. The molecule has 1 aliphatic rings. The van der Waals surface area contributed by atoms with E-state index in [1.807, 2.05) is 13.8 Å². The molecule has 0 aromatic carbocycles. The molecule has 1 rings (SSSR count). The third-order valence-corrected chi connectivity index (χ3v) is 3.72. The van der Waals surface area contributed by atoms with Gasteiger partial charge in [-0.1, -0.05) is 27.2 Å². The summed E-state index contributed by atoms with van der Waals surface area (Å²) in [5.74, 6) is 1.07. The van der Waals surface area contributed by atoms with Crippen molar-refractivity contribution in [2.45, 2.75) is 58.5 Å². The molecular weight excluding hydrogens is 230 g/mol. The van der Waals surface area contributed by atoms with Gasteiger partial charge in [0.05, 0.1) is 12.2 Å². The summed E-state index contributed by atoms with van der Waals surface area (Å²) in [6.07, 6.45) is 4.41. The predicted octanol–water partition coefficient (Wildman–Crippen LogP) is 2.70. The van der Waals surface area contributed by atoms with E-state index in [2.05, 4.69) is 12.2 Å². The summed E-state index contributed by atoms with van der Waals surface area (Å²) in [6.45, 7) is 6.90. The third-order valence-electron chi connectivity index (χ3n) is 3.72. The molecule has 0 bridgehead atoms. The highest BCUT2D eigenvalue weighted by molar-refractivity contribution is 5.67. The van der Waals surface area contributed by atoms with Crippen molar-refractivity contribution in [3.8, 4) is 0 Å². The number of aliphatic hydroxyl groups is 1. The van der Waals surface area contributed by atoms with E-state index in [-0.39, 0.29) is 0 Å². The summed E-state index contributed by atoms with van der Waals surface area (Å²) in [5, 5.41) is 13.0. The van der Waals surface area contributed by atoms with Gasteiger partial charge in [0.2, 0.25) is 0 Å². The molecule has 0 aromatic heterocycles. The van der Waals surface area contributed by atoms with Crippen LogP contribution in [0.15, 0.2) is 0 Å². The first kappa shape index (κ1) is 15.3. The molecule has 1 aliphatic carbocycles. The summed E-state index contributed by atoms with van der Waals surface area (Å²) in [6, 6.07) is 0. The SMILES string of the molecule is CCC1CCC(O)(CNC(=O)OCC(C)C)CC1. The zero-order valence-electron chi connectivity index (χ0n) is 11.9. The van der Waals surface area contributed by atoms with Crippen LogP contribution in [0.1, 0.15) is 52.9 Å². The Morgan fingerprint density at radius 3 is 2.56 bits per heavy atom. The molecule has 106 valence electrons. The molecule has 0 saturated heterocycles. The average molecular weight is 257 g/mol.